The summed E-state index contributed by atoms with van der Waals surface area (Å²) in [5.41, 5.74) is 4.09. The molecule has 8 heteroatoms. The fraction of sp³-hybridized carbons (Fsp3) is 0.391. The topological polar surface area (TPSA) is 78.8 Å². The number of carbonyl (C=O) groups is 1. The van der Waals surface area contributed by atoms with Gasteiger partial charge in [-0.05, 0) is 56.9 Å². The number of sulfonamides is 1. The Bertz CT molecular complexity index is 1030. The molecule has 0 spiro atoms. The molecular weight excluding hydrogens is 417 g/mol. The quantitative estimate of drug-likeness (QED) is 0.663. The first-order valence-corrected chi connectivity index (χ1v) is 12.0. The lowest BCUT2D eigenvalue weighted by Crippen LogP contribution is -2.40. The van der Waals surface area contributed by atoms with Crippen LogP contribution in [0.15, 0.2) is 58.5 Å². The van der Waals surface area contributed by atoms with Crippen LogP contribution in [0.5, 0.6) is 0 Å². The number of rotatable bonds is 6. The minimum absolute atomic E-state index is 0.0134. The van der Waals surface area contributed by atoms with Crippen molar-refractivity contribution in [2.45, 2.75) is 56.8 Å². The van der Waals surface area contributed by atoms with Gasteiger partial charge in [-0.25, -0.2) is 18.2 Å². The average Bonchev–Trinajstić information content (AvgIpc) is 2.72. The minimum atomic E-state index is -4.16. The van der Waals surface area contributed by atoms with Crippen molar-refractivity contribution in [2.75, 3.05) is 10.8 Å². The molecule has 2 aromatic carbocycles. The van der Waals surface area contributed by atoms with E-state index in [4.69, 9.17) is 0 Å². The summed E-state index contributed by atoms with van der Waals surface area (Å²) < 4.78 is 41.8. The van der Waals surface area contributed by atoms with Crippen molar-refractivity contribution in [2.24, 2.45) is 5.10 Å². The third-order valence-corrected chi connectivity index (χ3v) is 7.06. The highest BCUT2D eigenvalue weighted by Gasteiger charge is 2.29. The summed E-state index contributed by atoms with van der Waals surface area (Å²) in [5, 5.41) is 4.22. The van der Waals surface area contributed by atoms with E-state index in [-0.39, 0.29) is 10.6 Å². The van der Waals surface area contributed by atoms with Crippen LogP contribution in [-0.2, 0) is 14.8 Å². The fourth-order valence-corrected chi connectivity index (χ4v) is 4.95. The number of para-hydroxylation sites is 1. The van der Waals surface area contributed by atoms with Crippen LogP contribution in [0.4, 0.5) is 10.1 Å². The van der Waals surface area contributed by atoms with E-state index in [9.17, 15) is 17.6 Å². The van der Waals surface area contributed by atoms with E-state index in [1.54, 1.807) is 12.1 Å². The molecule has 1 amide bonds. The highest BCUT2D eigenvalue weighted by Crippen LogP contribution is 2.26. The number of amides is 1. The van der Waals surface area contributed by atoms with Crippen LogP contribution in [-0.4, -0.2) is 26.6 Å². The number of hydrogen-bond donors (Lipinski definition) is 1. The first-order valence-electron chi connectivity index (χ1n) is 10.6. The first kappa shape index (κ1) is 22.9. The van der Waals surface area contributed by atoms with Gasteiger partial charge in [-0.2, -0.15) is 5.10 Å². The summed E-state index contributed by atoms with van der Waals surface area (Å²) in [6, 6.07) is 11.7. The zero-order chi connectivity index (χ0) is 22.3. The van der Waals surface area contributed by atoms with E-state index in [0.29, 0.717) is 0 Å². The molecular formula is C23H28FN3O3S. The third kappa shape index (κ3) is 6.13. The van der Waals surface area contributed by atoms with Crippen LogP contribution in [0.3, 0.4) is 0 Å². The first-order chi connectivity index (χ1) is 14.9. The molecule has 0 aliphatic heterocycles. The van der Waals surface area contributed by atoms with Gasteiger partial charge in [0, 0.05) is 5.71 Å². The van der Waals surface area contributed by atoms with E-state index in [2.05, 4.69) is 10.5 Å². The van der Waals surface area contributed by atoms with Crippen molar-refractivity contribution >= 4 is 27.3 Å². The highest BCUT2D eigenvalue weighted by molar-refractivity contribution is 7.92. The molecule has 1 aliphatic carbocycles. The summed E-state index contributed by atoms with van der Waals surface area (Å²) in [6.45, 7) is 1.26. The van der Waals surface area contributed by atoms with Gasteiger partial charge in [-0.15, -0.1) is 0 Å². The van der Waals surface area contributed by atoms with Crippen molar-refractivity contribution in [3.8, 4) is 0 Å². The molecule has 0 radical (unpaired) electrons. The number of hydrazone groups is 1. The number of anilines is 1. The van der Waals surface area contributed by atoms with Gasteiger partial charge in [-0.3, -0.25) is 9.10 Å². The molecule has 1 N–H and O–H groups in total. The van der Waals surface area contributed by atoms with Gasteiger partial charge in [0.25, 0.3) is 15.9 Å². The van der Waals surface area contributed by atoms with Gasteiger partial charge in [0.1, 0.15) is 12.4 Å². The third-order valence-electron chi connectivity index (χ3n) is 5.29. The lowest BCUT2D eigenvalue weighted by molar-refractivity contribution is -0.119. The molecule has 1 saturated carbocycles. The Morgan fingerprint density at radius 2 is 1.61 bits per heavy atom. The number of aryl methyl sites for hydroxylation is 1. The average molecular weight is 446 g/mol. The molecule has 0 aromatic heterocycles. The molecule has 166 valence electrons. The van der Waals surface area contributed by atoms with Crippen LogP contribution in [0.1, 0.15) is 50.5 Å². The van der Waals surface area contributed by atoms with Gasteiger partial charge in [0.2, 0.25) is 0 Å². The monoisotopic (exact) mass is 445 g/mol. The second-order valence-corrected chi connectivity index (χ2v) is 9.62. The van der Waals surface area contributed by atoms with Crippen molar-refractivity contribution in [1.82, 2.24) is 5.43 Å². The van der Waals surface area contributed by atoms with Crippen LogP contribution < -0.4 is 9.73 Å². The molecule has 31 heavy (non-hydrogen) atoms. The van der Waals surface area contributed by atoms with E-state index in [1.807, 2.05) is 6.92 Å². The van der Waals surface area contributed by atoms with E-state index < -0.39 is 28.3 Å². The molecule has 0 unspecified atom stereocenters. The Kier molecular flexibility index (Phi) is 7.79. The summed E-state index contributed by atoms with van der Waals surface area (Å²) >= 11 is 0. The number of carbonyl (C=O) groups excluding carboxylic acids is 1. The van der Waals surface area contributed by atoms with Gasteiger partial charge >= 0.3 is 0 Å². The van der Waals surface area contributed by atoms with Crippen LogP contribution in [0, 0.1) is 12.7 Å². The lowest BCUT2D eigenvalue weighted by Gasteiger charge is -2.24. The Morgan fingerprint density at radius 3 is 2.26 bits per heavy atom. The summed E-state index contributed by atoms with van der Waals surface area (Å²) in [7, 11) is -4.16. The molecule has 2 aromatic rings. The van der Waals surface area contributed by atoms with E-state index in [0.717, 1.165) is 54.1 Å². The van der Waals surface area contributed by atoms with Crippen LogP contribution in [0.25, 0.3) is 0 Å². The van der Waals surface area contributed by atoms with Crippen molar-refractivity contribution in [3.63, 3.8) is 0 Å². The van der Waals surface area contributed by atoms with Crippen molar-refractivity contribution < 1.29 is 17.6 Å². The maximum Gasteiger partial charge on any atom is 0.264 e. The lowest BCUT2D eigenvalue weighted by atomic mass is 9.99. The molecule has 6 nitrogen and oxygen atoms in total. The predicted molar refractivity (Wildman–Crippen MR) is 120 cm³/mol. The Hall–Kier alpha value is -2.74. The molecule has 1 fully saturated rings. The second kappa shape index (κ2) is 10.5. The minimum Gasteiger partial charge on any atom is -0.271 e. The zero-order valence-electron chi connectivity index (χ0n) is 17.7. The normalized spacial score (nSPS) is 15.0. The van der Waals surface area contributed by atoms with E-state index >= 15 is 0 Å². The number of nitrogens with one attached hydrogen (secondary N) is 1. The number of benzene rings is 2. The number of hydrogen-bond acceptors (Lipinski definition) is 4. The summed E-state index contributed by atoms with van der Waals surface area (Å²) in [5.74, 6) is -1.34. The van der Waals surface area contributed by atoms with Gasteiger partial charge in [-0.1, -0.05) is 49.1 Å². The number of halogens is 1. The van der Waals surface area contributed by atoms with Gasteiger partial charge < -0.3 is 0 Å². The maximum atomic E-state index is 14.5. The van der Waals surface area contributed by atoms with Crippen molar-refractivity contribution in [1.29, 1.82) is 0 Å². The van der Waals surface area contributed by atoms with Crippen molar-refractivity contribution in [3.05, 3.63) is 59.9 Å². The molecule has 1 aliphatic rings. The van der Waals surface area contributed by atoms with E-state index in [1.165, 1.54) is 42.8 Å². The Balaban J connectivity index is 1.84. The highest BCUT2D eigenvalue weighted by atomic mass is 32.2. The predicted octanol–water partition coefficient (Wildman–Crippen LogP) is 4.55. The Labute approximate surface area is 183 Å². The summed E-state index contributed by atoms with van der Waals surface area (Å²) in [4.78, 5) is 12.6. The maximum absolute atomic E-state index is 14.5. The molecule has 0 saturated heterocycles. The largest absolute Gasteiger partial charge is 0.271 e. The van der Waals surface area contributed by atoms with Gasteiger partial charge in [0.05, 0.1) is 10.6 Å². The molecule has 3 rings (SSSR count). The molecule has 0 bridgehead atoms. The molecule has 0 heterocycles. The second-order valence-electron chi connectivity index (χ2n) is 7.76. The Morgan fingerprint density at radius 1 is 1.00 bits per heavy atom. The van der Waals surface area contributed by atoms with Crippen LogP contribution in [0.2, 0.25) is 0 Å². The van der Waals surface area contributed by atoms with Crippen LogP contribution >= 0.6 is 0 Å². The molecule has 0 atom stereocenters. The number of nitrogens with zero attached hydrogens (tertiary/aromatic N) is 2. The summed E-state index contributed by atoms with van der Waals surface area (Å²) in [6.07, 6.45) is 7.19. The smallest absolute Gasteiger partial charge is 0.264 e. The standard InChI is InChI=1S/C23H28FN3O3S/c1-18-13-15-20(16-14-18)31(29,30)27(22-12-8-7-11-21(22)24)17-23(28)26-25-19-9-5-3-2-4-6-10-19/h7-8,11-16H,2-6,9-10,17H2,1H3,(H,26,28). The zero-order valence-corrected chi connectivity index (χ0v) is 18.5. The SMILES string of the molecule is Cc1ccc(S(=O)(=O)N(CC(=O)NN=C2CCCCCCC2)c2ccccc2F)cc1. The van der Waals surface area contributed by atoms with Gasteiger partial charge in [0.15, 0.2) is 0 Å². The fourth-order valence-electron chi connectivity index (χ4n) is 3.52.